The van der Waals surface area contributed by atoms with Crippen LogP contribution in [0.4, 0.5) is 0 Å². The highest BCUT2D eigenvalue weighted by atomic mass is 35.5. The van der Waals surface area contributed by atoms with Crippen LogP contribution in [0, 0.1) is 16.7 Å². The van der Waals surface area contributed by atoms with Crippen LogP contribution in [0.5, 0.6) is 5.75 Å². The Morgan fingerprint density at radius 3 is 2.76 bits per heavy atom. The molecule has 3 nitrogen and oxygen atoms in total. The molecule has 114 valence electrons. The highest BCUT2D eigenvalue weighted by Crippen LogP contribution is 2.49. The Balaban J connectivity index is 2.08. The monoisotopic (exact) mass is 326 g/mol. The van der Waals surface area contributed by atoms with Crippen LogP contribution in [-0.4, -0.2) is 13.2 Å². The van der Waals surface area contributed by atoms with Crippen molar-refractivity contribution >= 4 is 23.2 Å². The maximum Gasteiger partial charge on any atom is 0.142 e. The van der Waals surface area contributed by atoms with Gasteiger partial charge < -0.3 is 10.1 Å². The zero-order valence-electron chi connectivity index (χ0n) is 12.2. The molecule has 0 unspecified atom stereocenters. The Kier molecular flexibility index (Phi) is 5.75. The van der Waals surface area contributed by atoms with Gasteiger partial charge in [-0.1, -0.05) is 30.1 Å². The van der Waals surface area contributed by atoms with Crippen molar-refractivity contribution in [2.24, 2.45) is 5.41 Å². The summed E-state index contributed by atoms with van der Waals surface area (Å²) >= 11 is 12.3. The molecule has 1 aliphatic carbocycles. The van der Waals surface area contributed by atoms with E-state index in [1.165, 1.54) is 0 Å². The first-order chi connectivity index (χ1) is 10.1. The molecule has 1 saturated carbocycles. The zero-order valence-corrected chi connectivity index (χ0v) is 13.7. The Morgan fingerprint density at radius 2 is 2.14 bits per heavy atom. The Morgan fingerprint density at radius 1 is 1.38 bits per heavy atom. The molecule has 1 aromatic rings. The van der Waals surface area contributed by atoms with E-state index in [-0.39, 0.29) is 5.41 Å². The topological polar surface area (TPSA) is 45.0 Å². The second-order valence-electron chi connectivity index (χ2n) is 5.68. The van der Waals surface area contributed by atoms with E-state index in [1.54, 1.807) is 6.07 Å². The minimum Gasteiger partial charge on any atom is -0.491 e. The molecule has 0 radical (unpaired) electrons. The van der Waals surface area contributed by atoms with Crippen molar-refractivity contribution in [3.63, 3.8) is 0 Å². The zero-order chi connectivity index (χ0) is 15.3. The lowest BCUT2D eigenvalue weighted by Gasteiger charge is -2.17. The number of hydrogen-bond donors (Lipinski definition) is 1. The predicted octanol–water partition coefficient (Wildman–Crippen LogP) is 4.57. The molecule has 5 heteroatoms. The summed E-state index contributed by atoms with van der Waals surface area (Å²) in [6, 6.07) is 5.82. The molecule has 0 heterocycles. The standard InChI is InChI=1S/C16H20Cl2N2O/c1-2-7-20-10-12-8-13(17)9-14(18)15(12)21-11-16(3-4-16)5-6-19/h8-9,20H,2-5,7,10-11H2,1H3. The molecule has 0 saturated heterocycles. The number of nitriles is 1. The van der Waals surface area contributed by atoms with Crippen LogP contribution in [0.2, 0.25) is 10.0 Å². The van der Waals surface area contributed by atoms with Crippen molar-refractivity contribution in [1.29, 1.82) is 5.26 Å². The first-order valence-corrected chi connectivity index (χ1v) is 8.04. The minimum absolute atomic E-state index is 0.0336. The maximum atomic E-state index is 8.87. The number of nitrogens with one attached hydrogen (secondary N) is 1. The van der Waals surface area contributed by atoms with Crippen LogP contribution < -0.4 is 10.1 Å². The fourth-order valence-corrected chi connectivity index (χ4v) is 2.84. The third-order valence-corrected chi connectivity index (χ3v) is 4.26. The number of nitrogens with zero attached hydrogens (tertiary/aromatic N) is 1. The summed E-state index contributed by atoms with van der Waals surface area (Å²) in [7, 11) is 0. The predicted molar refractivity (Wildman–Crippen MR) is 85.9 cm³/mol. The van der Waals surface area contributed by atoms with Gasteiger partial charge in [0.15, 0.2) is 0 Å². The molecule has 0 atom stereocenters. The Hall–Kier alpha value is -0.950. The largest absolute Gasteiger partial charge is 0.491 e. The molecule has 2 rings (SSSR count). The summed E-state index contributed by atoms with van der Waals surface area (Å²) in [6.07, 6.45) is 3.71. The van der Waals surface area contributed by atoms with Gasteiger partial charge in [0.05, 0.1) is 17.7 Å². The number of rotatable bonds is 8. The number of hydrogen-bond acceptors (Lipinski definition) is 3. The first-order valence-electron chi connectivity index (χ1n) is 7.28. The molecule has 0 spiro atoms. The molecular weight excluding hydrogens is 307 g/mol. The van der Waals surface area contributed by atoms with Crippen LogP contribution in [0.15, 0.2) is 12.1 Å². The van der Waals surface area contributed by atoms with Gasteiger partial charge in [-0.25, -0.2) is 0 Å². The normalized spacial score (nSPS) is 15.5. The van der Waals surface area contributed by atoms with Crippen LogP contribution in [0.3, 0.4) is 0 Å². The fraction of sp³-hybridized carbons (Fsp3) is 0.562. The minimum atomic E-state index is 0.0336. The maximum absolute atomic E-state index is 8.87. The molecular formula is C16H20Cl2N2O. The van der Waals surface area contributed by atoms with Gasteiger partial charge in [-0.3, -0.25) is 0 Å². The summed E-state index contributed by atoms with van der Waals surface area (Å²) in [5, 5.41) is 13.3. The van der Waals surface area contributed by atoms with Crippen LogP contribution in [-0.2, 0) is 6.54 Å². The molecule has 1 aliphatic rings. The highest BCUT2D eigenvalue weighted by Gasteiger charge is 2.43. The third kappa shape index (κ3) is 4.51. The van der Waals surface area contributed by atoms with Gasteiger partial charge >= 0.3 is 0 Å². The van der Waals surface area contributed by atoms with Gasteiger partial charge in [0.2, 0.25) is 0 Å². The lowest BCUT2D eigenvalue weighted by molar-refractivity contribution is 0.234. The number of ether oxygens (including phenoxy) is 1. The number of benzene rings is 1. The lowest BCUT2D eigenvalue weighted by Crippen LogP contribution is -2.17. The molecule has 21 heavy (non-hydrogen) atoms. The van der Waals surface area contributed by atoms with Crippen LogP contribution in [0.25, 0.3) is 0 Å². The lowest BCUT2D eigenvalue weighted by atomic mass is 10.1. The molecule has 0 aromatic heterocycles. The summed E-state index contributed by atoms with van der Waals surface area (Å²) in [5.74, 6) is 0.689. The van der Waals surface area contributed by atoms with Crippen molar-refractivity contribution in [2.45, 2.75) is 39.2 Å². The third-order valence-electron chi connectivity index (χ3n) is 3.76. The van der Waals surface area contributed by atoms with Crippen molar-refractivity contribution in [3.05, 3.63) is 27.7 Å². The Bertz CT molecular complexity index is 536. The molecule has 1 N–H and O–H groups in total. The average Bonchev–Trinajstić information content (AvgIpc) is 3.18. The van der Waals surface area contributed by atoms with E-state index < -0.39 is 0 Å². The summed E-state index contributed by atoms with van der Waals surface area (Å²) in [6.45, 7) is 4.27. The van der Waals surface area contributed by atoms with E-state index in [2.05, 4.69) is 18.3 Å². The molecule has 1 fully saturated rings. The summed E-state index contributed by atoms with van der Waals surface area (Å²) < 4.78 is 5.95. The first kappa shape index (κ1) is 16.4. The van der Waals surface area contributed by atoms with Crippen molar-refractivity contribution in [1.82, 2.24) is 5.32 Å². The van der Waals surface area contributed by atoms with E-state index >= 15 is 0 Å². The van der Waals surface area contributed by atoms with Crippen molar-refractivity contribution < 1.29 is 4.74 Å². The van der Waals surface area contributed by atoms with E-state index in [4.69, 9.17) is 33.2 Å². The van der Waals surface area contributed by atoms with E-state index in [9.17, 15) is 0 Å². The smallest absolute Gasteiger partial charge is 0.142 e. The van der Waals surface area contributed by atoms with Crippen LogP contribution in [0.1, 0.15) is 38.2 Å². The van der Waals surface area contributed by atoms with Gasteiger partial charge in [0.25, 0.3) is 0 Å². The summed E-state index contributed by atoms with van der Waals surface area (Å²) in [5.41, 5.74) is 1.000. The average molecular weight is 327 g/mol. The number of halogens is 2. The van der Waals surface area contributed by atoms with Crippen molar-refractivity contribution in [2.75, 3.05) is 13.2 Å². The molecule has 1 aromatic carbocycles. The second-order valence-corrected chi connectivity index (χ2v) is 6.52. The molecule has 0 bridgehead atoms. The second kappa shape index (κ2) is 7.35. The van der Waals surface area contributed by atoms with Gasteiger partial charge in [-0.05, 0) is 37.9 Å². The van der Waals surface area contributed by atoms with Gasteiger partial charge in [0, 0.05) is 29.0 Å². The van der Waals surface area contributed by atoms with E-state index in [1.807, 2.05) is 6.07 Å². The SMILES string of the molecule is CCCNCc1cc(Cl)cc(Cl)c1OCC1(CC#N)CC1. The molecule has 0 aliphatic heterocycles. The van der Waals surface area contributed by atoms with Gasteiger partial charge in [-0.2, -0.15) is 5.26 Å². The summed E-state index contributed by atoms with van der Waals surface area (Å²) in [4.78, 5) is 0. The van der Waals surface area contributed by atoms with Crippen molar-refractivity contribution in [3.8, 4) is 11.8 Å². The van der Waals surface area contributed by atoms with E-state index in [0.29, 0.717) is 35.4 Å². The van der Waals surface area contributed by atoms with Crippen LogP contribution >= 0.6 is 23.2 Å². The van der Waals surface area contributed by atoms with E-state index in [0.717, 1.165) is 31.4 Å². The Labute approximate surface area is 136 Å². The fourth-order valence-electron chi connectivity index (χ4n) is 2.25. The van der Waals surface area contributed by atoms with Gasteiger partial charge in [-0.15, -0.1) is 0 Å². The van der Waals surface area contributed by atoms with Gasteiger partial charge in [0.1, 0.15) is 5.75 Å². The highest BCUT2D eigenvalue weighted by molar-refractivity contribution is 6.35. The molecule has 0 amide bonds. The quantitative estimate of drug-likeness (QED) is 0.712.